The topological polar surface area (TPSA) is 96.4 Å². The van der Waals surface area contributed by atoms with Crippen LogP contribution in [-0.2, 0) is 25.7 Å². The smallest absolute Gasteiger partial charge is 0.410 e. The molecule has 1 saturated heterocycles. The van der Waals surface area contributed by atoms with E-state index < -0.39 is 24.2 Å². The van der Waals surface area contributed by atoms with Crippen molar-refractivity contribution in [3.63, 3.8) is 0 Å². The summed E-state index contributed by atoms with van der Waals surface area (Å²) in [5.74, 6) is -0.835. The summed E-state index contributed by atoms with van der Waals surface area (Å²) in [4.78, 5) is 38.7. The van der Waals surface area contributed by atoms with Crippen LogP contribution in [0.25, 0.3) is 0 Å². The number of hydrogen-bond donors (Lipinski definition) is 1. The Balaban J connectivity index is 1.86. The van der Waals surface area contributed by atoms with Crippen LogP contribution in [0.4, 0.5) is 4.79 Å². The first-order valence-corrected chi connectivity index (χ1v) is 8.43. The lowest BCUT2D eigenvalue weighted by Crippen LogP contribution is -2.58. The van der Waals surface area contributed by atoms with Crippen molar-refractivity contribution in [3.8, 4) is 0 Å². The van der Waals surface area contributed by atoms with Crippen LogP contribution >= 0.6 is 0 Å². The summed E-state index contributed by atoms with van der Waals surface area (Å²) >= 11 is 0. The van der Waals surface area contributed by atoms with Crippen LogP contribution in [0.15, 0.2) is 30.3 Å². The number of β-amino-alcohol motifs (C(OH)–C–C–N with tert-alkyl or cyclic N) is 1. The fourth-order valence-corrected chi connectivity index (χ4v) is 2.76. The van der Waals surface area contributed by atoms with E-state index in [9.17, 15) is 19.5 Å². The summed E-state index contributed by atoms with van der Waals surface area (Å²) in [6.07, 6.45) is -1.74. The summed E-state index contributed by atoms with van der Waals surface area (Å²) in [6.45, 7) is 2.34. The maximum absolute atomic E-state index is 12.5. The van der Waals surface area contributed by atoms with E-state index in [-0.39, 0.29) is 32.0 Å². The zero-order valence-corrected chi connectivity index (χ0v) is 15.0. The number of benzene rings is 1. The molecule has 2 atom stereocenters. The summed E-state index contributed by atoms with van der Waals surface area (Å²) in [6, 6.07) is 8.59. The lowest BCUT2D eigenvalue weighted by Gasteiger charge is -2.39. The van der Waals surface area contributed by atoms with Crippen molar-refractivity contribution < 1.29 is 29.0 Å². The molecule has 1 aromatic carbocycles. The van der Waals surface area contributed by atoms with E-state index in [2.05, 4.69) is 4.74 Å². The van der Waals surface area contributed by atoms with Gasteiger partial charge in [0.15, 0.2) is 0 Å². The maximum atomic E-state index is 12.5. The normalized spacial score (nSPS) is 18.4. The van der Waals surface area contributed by atoms with Crippen molar-refractivity contribution in [3.05, 3.63) is 35.9 Å². The van der Waals surface area contributed by atoms with Gasteiger partial charge in [-0.3, -0.25) is 14.5 Å². The predicted octanol–water partition coefficient (Wildman–Crippen LogP) is 0.780. The average Bonchev–Trinajstić information content (AvgIpc) is 2.64. The number of rotatable bonds is 6. The quantitative estimate of drug-likeness (QED) is 0.750. The van der Waals surface area contributed by atoms with Gasteiger partial charge in [-0.05, 0) is 12.5 Å². The largest absolute Gasteiger partial charge is 0.469 e. The number of carbonyl (C=O) groups excluding carboxylic acids is 3. The lowest BCUT2D eigenvalue weighted by molar-refractivity contribution is -0.146. The second-order valence-corrected chi connectivity index (χ2v) is 6.13. The molecular formula is C18H24N2O6. The Kier molecular flexibility index (Phi) is 6.97. The summed E-state index contributed by atoms with van der Waals surface area (Å²) in [5, 5.41) is 9.89. The highest BCUT2D eigenvalue weighted by Gasteiger charge is 2.36. The third-order valence-corrected chi connectivity index (χ3v) is 4.25. The van der Waals surface area contributed by atoms with Gasteiger partial charge >= 0.3 is 12.1 Å². The van der Waals surface area contributed by atoms with E-state index in [0.717, 1.165) is 5.56 Å². The van der Waals surface area contributed by atoms with Gasteiger partial charge in [0.2, 0.25) is 5.91 Å². The fraction of sp³-hybridized carbons (Fsp3) is 0.500. The molecule has 0 aromatic heterocycles. The average molecular weight is 364 g/mol. The van der Waals surface area contributed by atoms with Crippen LogP contribution in [0.5, 0.6) is 0 Å². The number of esters is 1. The molecule has 0 aliphatic carbocycles. The Hall–Kier alpha value is -2.61. The van der Waals surface area contributed by atoms with Crippen LogP contribution in [-0.4, -0.2) is 71.8 Å². The van der Waals surface area contributed by atoms with E-state index in [1.165, 1.54) is 16.9 Å². The Morgan fingerprint density at radius 2 is 1.96 bits per heavy atom. The maximum Gasteiger partial charge on any atom is 0.410 e. The van der Waals surface area contributed by atoms with E-state index in [1.54, 1.807) is 6.92 Å². The van der Waals surface area contributed by atoms with Crippen LogP contribution in [0.2, 0.25) is 0 Å². The van der Waals surface area contributed by atoms with Gasteiger partial charge in [0, 0.05) is 19.6 Å². The highest BCUT2D eigenvalue weighted by molar-refractivity contribution is 5.86. The number of nitrogens with zero attached hydrogens (tertiary/aromatic N) is 2. The van der Waals surface area contributed by atoms with Gasteiger partial charge in [-0.1, -0.05) is 30.3 Å². The molecular weight excluding hydrogens is 340 g/mol. The van der Waals surface area contributed by atoms with Crippen LogP contribution < -0.4 is 0 Å². The number of aliphatic hydroxyl groups is 1. The van der Waals surface area contributed by atoms with Crippen molar-refractivity contribution in [1.29, 1.82) is 0 Å². The first-order valence-electron chi connectivity index (χ1n) is 8.43. The Morgan fingerprint density at radius 1 is 1.27 bits per heavy atom. The molecule has 2 unspecified atom stereocenters. The van der Waals surface area contributed by atoms with E-state index in [4.69, 9.17) is 4.74 Å². The van der Waals surface area contributed by atoms with Crippen LogP contribution in [0, 0.1) is 0 Å². The molecule has 8 heteroatoms. The Bertz CT molecular complexity index is 636. The van der Waals surface area contributed by atoms with Gasteiger partial charge in [-0.2, -0.15) is 0 Å². The van der Waals surface area contributed by atoms with Crippen LogP contribution in [0.3, 0.4) is 0 Å². The van der Waals surface area contributed by atoms with Gasteiger partial charge in [0.05, 0.1) is 19.6 Å². The molecule has 8 nitrogen and oxygen atoms in total. The fourth-order valence-electron chi connectivity index (χ4n) is 2.76. The monoisotopic (exact) mass is 364 g/mol. The SMILES string of the molecule is COC(=O)CC(O)CN1CCN(C(=O)OCc2ccccc2)C(C)C1=O. The molecule has 0 saturated carbocycles. The minimum Gasteiger partial charge on any atom is -0.469 e. The molecule has 0 radical (unpaired) electrons. The Morgan fingerprint density at radius 3 is 2.62 bits per heavy atom. The summed E-state index contributed by atoms with van der Waals surface area (Å²) in [7, 11) is 1.24. The van der Waals surface area contributed by atoms with Gasteiger partial charge in [0.1, 0.15) is 12.6 Å². The molecule has 0 bridgehead atoms. The summed E-state index contributed by atoms with van der Waals surface area (Å²) in [5.41, 5.74) is 0.865. The standard InChI is InChI=1S/C18H24N2O6/c1-13-17(23)19(11-15(21)10-16(22)25-2)8-9-20(13)18(24)26-12-14-6-4-3-5-7-14/h3-7,13,15,21H,8-12H2,1-2H3. The highest BCUT2D eigenvalue weighted by atomic mass is 16.6. The van der Waals surface area contributed by atoms with Crippen LogP contribution in [0.1, 0.15) is 18.9 Å². The summed E-state index contributed by atoms with van der Waals surface area (Å²) < 4.78 is 9.77. The number of amides is 2. The zero-order valence-electron chi connectivity index (χ0n) is 15.0. The van der Waals surface area contributed by atoms with E-state index in [1.807, 2.05) is 30.3 Å². The van der Waals surface area contributed by atoms with Crippen molar-refractivity contribution in [1.82, 2.24) is 9.80 Å². The molecule has 1 heterocycles. The minimum atomic E-state index is -1.00. The van der Waals surface area contributed by atoms with Crippen molar-refractivity contribution in [2.45, 2.75) is 32.1 Å². The third-order valence-electron chi connectivity index (χ3n) is 4.25. The van der Waals surface area contributed by atoms with Gasteiger partial charge in [-0.25, -0.2) is 4.79 Å². The van der Waals surface area contributed by atoms with Gasteiger partial charge in [0.25, 0.3) is 0 Å². The number of ether oxygens (including phenoxy) is 2. The molecule has 0 spiro atoms. The molecule has 2 amide bonds. The minimum absolute atomic E-state index is 0.0190. The van der Waals surface area contributed by atoms with Gasteiger partial charge in [-0.15, -0.1) is 0 Å². The second kappa shape index (κ2) is 9.19. The van der Waals surface area contributed by atoms with E-state index >= 15 is 0 Å². The Labute approximate surface area is 152 Å². The zero-order chi connectivity index (χ0) is 19.1. The highest BCUT2D eigenvalue weighted by Crippen LogP contribution is 2.15. The number of carbonyl (C=O) groups is 3. The molecule has 1 aliphatic rings. The predicted molar refractivity (Wildman–Crippen MR) is 92.0 cm³/mol. The molecule has 26 heavy (non-hydrogen) atoms. The number of piperazine rings is 1. The first kappa shape index (κ1) is 19.7. The molecule has 142 valence electrons. The van der Waals surface area contributed by atoms with Gasteiger partial charge < -0.3 is 19.5 Å². The molecule has 1 N–H and O–H groups in total. The van der Waals surface area contributed by atoms with Crippen molar-refractivity contribution >= 4 is 18.0 Å². The lowest BCUT2D eigenvalue weighted by atomic mass is 10.1. The van der Waals surface area contributed by atoms with Crippen molar-refractivity contribution in [2.24, 2.45) is 0 Å². The number of methoxy groups -OCH3 is 1. The third kappa shape index (κ3) is 5.19. The van der Waals surface area contributed by atoms with Crippen molar-refractivity contribution in [2.75, 3.05) is 26.7 Å². The number of aliphatic hydroxyl groups excluding tert-OH is 1. The molecule has 1 aliphatic heterocycles. The molecule has 1 aromatic rings. The molecule has 2 rings (SSSR count). The first-order chi connectivity index (χ1) is 12.4. The number of hydrogen-bond acceptors (Lipinski definition) is 6. The van der Waals surface area contributed by atoms with E-state index in [0.29, 0.717) is 6.54 Å². The second-order valence-electron chi connectivity index (χ2n) is 6.13. The molecule has 1 fully saturated rings.